The Kier molecular flexibility index (Phi) is 1.40. The monoisotopic (exact) mass is 168 g/mol. The van der Waals surface area contributed by atoms with Crippen LogP contribution in [-0.4, -0.2) is 17.9 Å². The Morgan fingerprint density at radius 2 is 2.08 bits per heavy atom. The normalized spacial score (nSPS) is 13.0. The lowest BCUT2D eigenvalue weighted by atomic mass is 10.3. The number of hydrogen-bond acceptors (Lipinski definition) is 3. The van der Waals surface area contributed by atoms with E-state index in [0.29, 0.717) is 11.5 Å². The molecule has 4 heteroatoms. The second kappa shape index (κ2) is 2.41. The number of rotatable bonds is 1. The number of benzene rings is 1. The minimum absolute atomic E-state index is 0.165. The average Bonchev–Trinajstić information content (AvgIpc) is 2.49. The van der Waals surface area contributed by atoms with Crippen LogP contribution in [0.25, 0.3) is 0 Å². The van der Waals surface area contributed by atoms with E-state index in [1.807, 2.05) is 0 Å². The maximum atomic E-state index is 10.5. The largest absolute Gasteiger partial charge is 0.478 e. The number of ether oxygens (including phenoxy) is 2. The van der Waals surface area contributed by atoms with Gasteiger partial charge in [0, 0.05) is 0 Å². The van der Waals surface area contributed by atoms with Gasteiger partial charge in [0.2, 0.25) is 6.79 Å². The highest BCUT2D eigenvalue weighted by molar-refractivity contribution is 5.88. The summed E-state index contributed by atoms with van der Waals surface area (Å²) in [7, 11) is 0. The molecule has 0 aliphatic carbocycles. The van der Waals surface area contributed by atoms with Crippen molar-refractivity contribution in [1.29, 1.82) is 0 Å². The van der Waals surface area contributed by atoms with E-state index in [-0.39, 0.29) is 12.4 Å². The van der Waals surface area contributed by atoms with Crippen molar-refractivity contribution in [3.63, 3.8) is 0 Å². The van der Waals surface area contributed by atoms with Crippen LogP contribution in [0.15, 0.2) is 18.2 Å². The fraction of sp³-hybridized carbons (Fsp3) is 0.125. The van der Waals surface area contributed by atoms with E-state index in [2.05, 4.69) is 0 Å². The third kappa shape index (κ3) is 0.972. The first-order valence-electron chi connectivity index (χ1n) is 3.40. The van der Waals surface area contributed by atoms with Crippen LogP contribution in [0.1, 0.15) is 10.4 Å². The van der Waals surface area contributed by atoms with E-state index in [0.717, 1.165) is 0 Å². The predicted octanol–water partition coefficient (Wildman–Crippen LogP) is 1.11. The van der Waals surface area contributed by atoms with Gasteiger partial charge in [-0.15, -0.1) is 0 Å². The fourth-order valence-corrected chi connectivity index (χ4v) is 1.03. The van der Waals surface area contributed by atoms with Gasteiger partial charge in [0.15, 0.2) is 11.5 Å². The van der Waals surface area contributed by atoms with Gasteiger partial charge in [-0.2, -0.15) is 0 Å². The van der Waals surface area contributed by atoms with Gasteiger partial charge in [-0.1, -0.05) is 0 Å². The summed E-state index contributed by atoms with van der Waals surface area (Å²) in [6.07, 6.45) is 0. The summed E-state index contributed by atoms with van der Waals surface area (Å²) >= 11 is 0. The van der Waals surface area contributed by atoms with Crippen molar-refractivity contribution in [3.05, 3.63) is 23.8 Å². The summed E-state index contributed by atoms with van der Waals surface area (Å²) in [5.41, 5.74) is 0.208. The molecule has 0 saturated carbocycles. The second-order valence-electron chi connectivity index (χ2n) is 2.37. The van der Waals surface area contributed by atoms with Gasteiger partial charge in [-0.25, -0.2) is 4.79 Å². The van der Waals surface area contributed by atoms with Crippen molar-refractivity contribution in [2.24, 2.45) is 0 Å². The molecular weight excluding hydrogens is 162 g/mol. The molecule has 12 heavy (non-hydrogen) atoms. The first-order chi connectivity index (χ1) is 5.77. The minimum Gasteiger partial charge on any atom is -0.478 e. The molecule has 0 spiro atoms. The smallest absolute Gasteiger partial charge is 0.335 e. The molecule has 1 aromatic rings. The van der Waals surface area contributed by atoms with Crippen LogP contribution in [-0.2, 0) is 0 Å². The second-order valence-corrected chi connectivity index (χ2v) is 2.37. The molecule has 1 aromatic carbocycles. The lowest BCUT2D eigenvalue weighted by Gasteiger charge is -1.96. The number of fused-ring (bicyclic) bond motifs is 1. The third-order valence-corrected chi connectivity index (χ3v) is 1.62. The van der Waals surface area contributed by atoms with Crippen molar-refractivity contribution >= 4 is 5.97 Å². The van der Waals surface area contributed by atoms with Crippen LogP contribution >= 0.6 is 0 Å². The SMILES string of the molecule is O=[14C](O)c1ccc2c(c1)OCO2. The molecule has 0 saturated heterocycles. The highest BCUT2D eigenvalue weighted by Crippen LogP contribution is 2.32. The summed E-state index contributed by atoms with van der Waals surface area (Å²) in [4.78, 5) is 10.5. The number of carboxylic acids is 1. The summed E-state index contributed by atoms with van der Waals surface area (Å²) in [6, 6.07) is 4.52. The molecule has 4 nitrogen and oxygen atoms in total. The van der Waals surface area contributed by atoms with E-state index >= 15 is 0 Å². The van der Waals surface area contributed by atoms with Crippen LogP contribution in [0.5, 0.6) is 11.5 Å². The van der Waals surface area contributed by atoms with Gasteiger partial charge in [-0.3, -0.25) is 0 Å². The zero-order chi connectivity index (χ0) is 8.55. The molecule has 0 unspecified atom stereocenters. The third-order valence-electron chi connectivity index (χ3n) is 1.62. The van der Waals surface area contributed by atoms with Gasteiger partial charge in [0.25, 0.3) is 0 Å². The van der Waals surface area contributed by atoms with Crippen molar-refractivity contribution in [3.8, 4) is 11.5 Å². The summed E-state index contributed by atoms with van der Waals surface area (Å²) in [5, 5.41) is 8.62. The Bertz CT molecular complexity index is 332. The van der Waals surface area contributed by atoms with Crippen LogP contribution in [0.3, 0.4) is 0 Å². The Morgan fingerprint density at radius 1 is 1.33 bits per heavy atom. The standard InChI is InChI=1S/C8H6O4/c9-8(10)5-1-2-6-7(3-5)12-4-11-6/h1-3H,4H2,(H,9,10)/i8+2. The first kappa shape index (κ1) is 6.97. The molecule has 0 fully saturated rings. The quantitative estimate of drug-likeness (QED) is 0.682. The Balaban J connectivity index is 2.45. The van der Waals surface area contributed by atoms with Crippen LogP contribution in [0.2, 0.25) is 0 Å². The van der Waals surface area contributed by atoms with E-state index in [1.165, 1.54) is 12.1 Å². The Labute approximate surface area is 68.3 Å². The van der Waals surface area contributed by atoms with E-state index in [4.69, 9.17) is 14.6 Å². The fourth-order valence-electron chi connectivity index (χ4n) is 1.03. The summed E-state index contributed by atoms with van der Waals surface area (Å²) in [5.74, 6) is 0.128. The molecule has 1 N–H and O–H groups in total. The molecule has 0 amide bonds. The molecule has 0 bridgehead atoms. The minimum atomic E-state index is -0.965. The van der Waals surface area contributed by atoms with Crippen molar-refractivity contribution < 1.29 is 19.4 Å². The average molecular weight is 168 g/mol. The number of aromatic carboxylic acids is 1. The highest BCUT2D eigenvalue weighted by Gasteiger charge is 2.15. The Hall–Kier alpha value is -1.71. The molecule has 62 valence electrons. The molecule has 2 rings (SSSR count). The summed E-state index contributed by atoms with van der Waals surface area (Å²) < 4.78 is 10.0. The van der Waals surface area contributed by atoms with Gasteiger partial charge in [0.05, 0.1) is 5.56 Å². The lowest BCUT2D eigenvalue weighted by molar-refractivity contribution is 0.0696. The topological polar surface area (TPSA) is 55.8 Å². The Morgan fingerprint density at radius 3 is 2.83 bits per heavy atom. The maximum Gasteiger partial charge on any atom is 0.335 e. The molecule has 0 atom stereocenters. The number of carbonyl (C=O) groups is 1. The van der Waals surface area contributed by atoms with Crippen molar-refractivity contribution in [1.82, 2.24) is 0 Å². The predicted molar refractivity (Wildman–Crippen MR) is 39.5 cm³/mol. The molecule has 1 aliphatic rings. The molecule has 1 heterocycles. The van der Waals surface area contributed by atoms with Crippen LogP contribution in [0, 0.1) is 0 Å². The van der Waals surface area contributed by atoms with E-state index in [9.17, 15) is 4.79 Å². The van der Waals surface area contributed by atoms with Crippen molar-refractivity contribution in [2.75, 3.05) is 6.79 Å². The maximum absolute atomic E-state index is 10.5. The molecular formula is C8H6O4. The van der Waals surface area contributed by atoms with E-state index in [1.54, 1.807) is 6.07 Å². The zero-order valence-electron chi connectivity index (χ0n) is 6.11. The molecule has 1 aliphatic heterocycles. The zero-order valence-corrected chi connectivity index (χ0v) is 6.11. The first-order valence-corrected chi connectivity index (χ1v) is 3.40. The lowest BCUT2D eigenvalue weighted by Crippen LogP contribution is -1.95. The van der Waals surface area contributed by atoms with Crippen molar-refractivity contribution in [2.45, 2.75) is 0 Å². The summed E-state index contributed by atoms with van der Waals surface area (Å²) in [6.45, 7) is 0.165. The highest BCUT2D eigenvalue weighted by atomic mass is 16.7. The van der Waals surface area contributed by atoms with Crippen LogP contribution < -0.4 is 9.47 Å². The van der Waals surface area contributed by atoms with Crippen LogP contribution in [0.4, 0.5) is 0 Å². The van der Waals surface area contributed by atoms with Gasteiger partial charge < -0.3 is 14.6 Å². The van der Waals surface area contributed by atoms with Gasteiger partial charge in [0.1, 0.15) is 0 Å². The van der Waals surface area contributed by atoms with E-state index < -0.39 is 5.97 Å². The molecule has 0 radical (unpaired) electrons. The van der Waals surface area contributed by atoms with Gasteiger partial charge in [-0.05, 0) is 18.2 Å². The number of carboxylic acid groups (broad SMARTS) is 1. The number of hydrogen-bond donors (Lipinski definition) is 1. The van der Waals surface area contributed by atoms with Gasteiger partial charge >= 0.3 is 5.97 Å². The molecule has 0 aromatic heterocycles.